The van der Waals surface area contributed by atoms with Crippen molar-refractivity contribution in [3.63, 3.8) is 0 Å². The molecule has 0 aliphatic carbocycles. The minimum Gasteiger partial charge on any atom is -0.449 e. The van der Waals surface area contributed by atoms with Gasteiger partial charge in [0.15, 0.2) is 5.82 Å². The number of benzene rings is 1. The lowest BCUT2D eigenvalue weighted by Gasteiger charge is -2.36. The van der Waals surface area contributed by atoms with Crippen LogP contribution >= 0.6 is 7.60 Å². The zero-order chi connectivity index (χ0) is 34.5. The Morgan fingerprint density at radius 2 is 1.67 bits per heavy atom. The van der Waals surface area contributed by atoms with Crippen LogP contribution in [0.4, 0.5) is 10.6 Å². The van der Waals surface area contributed by atoms with Gasteiger partial charge in [-0.25, -0.2) is 14.8 Å². The van der Waals surface area contributed by atoms with E-state index in [2.05, 4.69) is 10.3 Å². The molecule has 3 amide bonds. The van der Waals surface area contributed by atoms with Gasteiger partial charge in [-0.05, 0) is 39.5 Å². The van der Waals surface area contributed by atoms with Crippen molar-refractivity contribution in [3.8, 4) is 11.4 Å². The molecule has 2 atom stereocenters. The predicted octanol–water partition coefficient (Wildman–Crippen LogP) is 3.94. The Morgan fingerprint density at radius 3 is 2.31 bits per heavy atom. The van der Waals surface area contributed by atoms with Gasteiger partial charge in [0.1, 0.15) is 17.6 Å². The highest BCUT2D eigenvalue weighted by Gasteiger charge is 2.38. The van der Waals surface area contributed by atoms with E-state index in [-0.39, 0.29) is 63.9 Å². The van der Waals surface area contributed by atoms with Gasteiger partial charge in [0, 0.05) is 44.4 Å². The first kappa shape index (κ1) is 37.2. The van der Waals surface area contributed by atoms with Crippen molar-refractivity contribution in [2.75, 3.05) is 70.2 Å². The zero-order valence-electron chi connectivity index (χ0n) is 28.2. The van der Waals surface area contributed by atoms with Gasteiger partial charge in [-0.3, -0.25) is 14.2 Å². The molecule has 2 aliphatic rings. The summed E-state index contributed by atoms with van der Waals surface area (Å²) in [5, 5.41) is 12.9. The Kier molecular flexibility index (Phi) is 14.2. The summed E-state index contributed by atoms with van der Waals surface area (Å²) < 4.78 is 30.0. The van der Waals surface area contributed by atoms with Gasteiger partial charge in [-0.15, -0.1) is 0 Å². The zero-order valence-corrected chi connectivity index (χ0v) is 29.1. The van der Waals surface area contributed by atoms with Crippen LogP contribution in [-0.4, -0.2) is 120 Å². The predicted molar refractivity (Wildman–Crippen MR) is 181 cm³/mol. The summed E-state index contributed by atoms with van der Waals surface area (Å²) >= 11 is 0. The van der Waals surface area contributed by atoms with Gasteiger partial charge in [0.05, 0.1) is 38.6 Å². The van der Waals surface area contributed by atoms with E-state index in [1.165, 1.54) is 4.90 Å². The number of amides is 3. The third-order valence-electron chi connectivity index (χ3n) is 8.34. The molecule has 15 heteroatoms. The van der Waals surface area contributed by atoms with E-state index in [1.54, 1.807) is 24.8 Å². The third kappa shape index (κ3) is 9.97. The number of anilines is 1. The molecule has 2 fully saturated rings. The second kappa shape index (κ2) is 18.3. The molecule has 14 nitrogen and oxygen atoms in total. The van der Waals surface area contributed by atoms with Crippen LogP contribution < -0.4 is 10.2 Å². The first-order chi connectivity index (χ1) is 23.2. The molecule has 2 aromatic rings. The van der Waals surface area contributed by atoms with Gasteiger partial charge in [-0.2, -0.15) is 0 Å². The molecular weight excluding hydrogens is 639 g/mol. The molecule has 0 bridgehead atoms. The maximum atomic E-state index is 14.0. The highest BCUT2D eigenvalue weighted by atomic mass is 31.2. The van der Waals surface area contributed by atoms with Crippen LogP contribution in [0.25, 0.3) is 11.4 Å². The van der Waals surface area contributed by atoms with Gasteiger partial charge in [0.2, 0.25) is 5.91 Å². The second-order valence-corrected chi connectivity index (χ2v) is 13.9. The molecule has 1 aromatic carbocycles. The Balaban J connectivity index is 1.61. The summed E-state index contributed by atoms with van der Waals surface area (Å²) in [6.45, 7) is 7.38. The number of aromatic nitrogens is 2. The van der Waals surface area contributed by atoms with E-state index in [9.17, 15) is 24.1 Å². The van der Waals surface area contributed by atoms with Gasteiger partial charge >= 0.3 is 13.7 Å². The van der Waals surface area contributed by atoms with Crippen molar-refractivity contribution in [2.24, 2.45) is 0 Å². The summed E-state index contributed by atoms with van der Waals surface area (Å²) in [6, 6.07) is 9.37. The topological polar surface area (TPSA) is 164 Å². The fourth-order valence-corrected chi connectivity index (χ4v) is 7.58. The monoisotopic (exact) mass is 688 g/mol. The molecule has 264 valence electrons. The van der Waals surface area contributed by atoms with E-state index >= 15 is 0 Å². The van der Waals surface area contributed by atoms with Crippen LogP contribution in [0, 0.1) is 0 Å². The highest BCUT2D eigenvalue weighted by molar-refractivity contribution is 7.54. The van der Waals surface area contributed by atoms with Crippen molar-refractivity contribution in [1.82, 2.24) is 25.1 Å². The number of carbonyl (C=O) groups is 3. The van der Waals surface area contributed by atoms with Crippen LogP contribution in [0.1, 0.15) is 63.4 Å². The minimum atomic E-state index is -3.79. The van der Waals surface area contributed by atoms with E-state index in [4.69, 9.17) is 18.8 Å². The number of rotatable bonds is 15. The fraction of sp³-hybridized carbons (Fsp3) is 0.606. The van der Waals surface area contributed by atoms with Crippen LogP contribution in [-0.2, 0) is 23.1 Å². The molecule has 2 saturated heterocycles. The maximum absolute atomic E-state index is 14.0. The Morgan fingerprint density at radius 1 is 0.979 bits per heavy atom. The first-order valence-corrected chi connectivity index (χ1v) is 18.7. The number of nitrogens with one attached hydrogen (secondary N) is 1. The Labute approximate surface area is 282 Å². The molecule has 1 aromatic heterocycles. The summed E-state index contributed by atoms with van der Waals surface area (Å²) in [5.74, 6) is -0.327. The molecule has 3 heterocycles. The van der Waals surface area contributed by atoms with Crippen molar-refractivity contribution in [2.45, 2.75) is 65.0 Å². The highest BCUT2D eigenvalue weighted by Crippen LogP contribution is 2.48. The van der Waals surface area contributed by atoms with Crippen LogP contribution in [0.2, 0.25) is 0 Å². The van der Waals surface area contributed by atoms with Crippen LogP contribution in [0.3, 0.4) is 0 Å². The van der Waals surface area contributed by atoms with E-state index in [0.717, 1.165) is 32.1 Å². The molecule has 2 aliphatic heterocycles. The first-order valence-electron chi connectivity index (χ1n) is 16.9. The number of piperazine rings is 1. The minimum absolute atomic E-state index is 0.0150. The number of carbonyl (C=O) groups excluding carboxylic acids is 3. The van der Waals surface area contributed by atoms with Gasteiger partial charge in [-0.1, -0.05) is 43.7 Å². The molecule has 4 rings (SSSR count). The summed E-state index contributed by atoms with van der Waals surface area (Å²) in [5.41, 5.74) is 0.711. The average molecular weight is 689 g/mol. The normalized spacial score (nSPS) is 17.6. The SMILES string of the molecule is CCCCOC(=O)N1CCN(C(=O)[C@H](CP(=O)(OCC)OCC)NC(=O)c2cc(N3CCCCC3CO)nc(-c3ccccc3)n2)CC1. The molecule has 2 N–H and O–H groups in total. The molecule has 0 spiro atoms. The number of aliphatic hydroxyl groups is 1. The Hall–Kier alpha value is -3.58. The summed E-state index contributed by atoms with van der Waals surface area (Å²) in [4.78, 5) is 54.9. The van der Waals surface area contributed by atoms with Crippen molar-refractivity contribution in [3.05, 3.63) is 42.1 Å². The fourth-order valence-electron chi connectivity index (χ4n) is 5.81. The quantitative estimate of drug-likeness (QED) is 0.206. The second-order valence-electron chi connectivity index (χ2n) is 11.8. The lowest BCUT2D eigenvalue weighted by molar-refractivity contribution is -0.134. The van der Waals surface area contributed by atoms with E-state index in [1.807, 2.05) is 42.2 Å². The number of piperidine rings is 1. The Bertz CT molecular complexity index is 1400. The van der Waals surface area contributed by atoms with Crippen molar-refractivity contribution < 1.29 is 37.8 Å². The lowest BCUT2D eigenvalue weighted by atomic mass is 10.0. The van der Waals surface area contributed by atoms with E-state index in [0.29, 0.717) is 30.4 Å². The number of hydrogen-bond acceptors (Lipinski definition) is 11. The third-order valence-corrected chi connectivity index (χ3v) is 10.5. The average Bonchev–Trinajstić information content (AvgIpc) is 3.11. The largest absolute Gasteiger partial charge is 0.449 e. The molecule has 0 saturated carbocycles. The molecule has 0 radical (unpaired) electrons. The van der Waals surface area contributed by atoms with Gasteiger partial charge < -0.3 is 38.9 Å². The number of unbranched alkanes of at least 4 members (excludes halogenated alkanes) is 1. The lowest BCUT2D eigenvalue weighted by Crippen LogP contribution is -2.57. The number of aliphatic hydroxyl groups excluding tert-OH is 1. The maximum Gasteiger partial charge on any atom is 0.409 e. The van der Waals surface area contributed by atoms with Crippen LogP contribution in [0.15, 0.2) is 36.4 Å². The molecule has 1 unspecified atom stereocenters. The standard InChI is InChI=1S/C33H49N6O8P/c1-4-7-21-45-33(43)38-19-17-37(18-20-38)32(42)28(24-48(44,46-5-2)47-6-3)35-31(41)27-22-29(39-16-12-11-15-26(39)23-40)36-30(34-27)25-13-9-8-10-14-25/h8-10,13-14,22,26,28,40H,4-7,11-12,15-21,23-24H2,1-3H3,(H,35,41)/t26?,28-/m0/s1. The molecular formula is C33H49N6O8P. The van der Waals surface area contributed by atoms with Crippen molar-refractivity contribution in [1.29, 1.82) is 0 Å². The smallest absolute Gasteiger partial charge is 0.409 e. The number of nitrogens with zero attached hydrogens (tertiary/aromatic N) is 5. The van der Waals surface area contributed by atoms with Crippen LogP contribution in [0.5, 0.6) is 0 Å². The molecule has 48 heavy (non-hydrogen) atoms. The summed E-state index contributed by atoms with van der Waals surface area (Å²) in [7, 11) is -3.79. The summed E-state index contributed by atoms with van der Waals surface area (Å²) in [6.07, 6.45) is 3.53. The van der Waals surface area contributed by atoms with E-state index < -0.39 is 31.5 Å². The van der Waals surface area contributed by atoms with Gasteiger partial charge in [0.25, 0.3) is 5.91 Å². The van der Waals surface area contributed by atoms with Crippen molar-refractivity contribution >= 4 is 31.3 Å². The number of hydrogen-bond donors (Lipinski definition) is 2. The number of ether oxygens (including phenoxy) is 1.